The zero-order chi connectivity index (χ0) is 13.7. The molecule has 0 saturated carbocycles. The predicted molar refractivity (Wildman–Crippen MR) is 67.3 cm³/mol. The van der Waals surface area contributed by atoms with E-state index in [1.54, 1.807) is 12.1 Å². The standard InChI is InChI=1S/C11H13ClN2O4/c1-6(10(15)16)13-11(17)14-7-3-4-8(12)9(5-7)18-2/h3-6H,1-2H3,(H,15,16)(H2,13,14,17). The third-order valence-corrected chi connectivity index (χ3v) is 2.44. The number of carboxylic acids is 1. The molecule has 0 aliphatic heterocycles. The predicted octanol–water partition coefficient (Wildman–Crippen LogP) is 1.94. The van der Waals surface area contributed by atoms with Crippen molar-refractivity contribution >= 4 is 29.3 Å². The molecule has 0 aromatic heterocycles. The van der Waals surface area contributed by atoms with E-state index in [4.69, 9.17) is 21.4 Å². The molecule has 1 aromatic rings. The van der Waals surface area contributed by atoms with Crippen molar-refractivity contribution in [3.8, 4) is 5.75 Å². The van der Waals surface area contributed by atoms with Crippen LogP contribution < -0.4 is 15.4 Å². The third kappa shape index (κ3) is 3.81. The van der Waals surface area contributed by atoms with Gasteiger partial charge in [0.1, 0.15) is 11.8 Å². The summed E-state index contributed by atoms with van der Waals surface area (Å²) in [5.41, 5.74) is 0.450. The number of carboxylic acid groups (broad SMARTS) is 1. The van der Waals surface area contributed by atoms with E-state index in [1.165, 1.54) is 20.1 Å². The first-order valence-corrected chi connectivity index (χ1v) is 5.45. The summed E-state index contributed by atoms with van der Waals surface area (Å²) in [6.07, 6.45) is 0. The molecule has 98 valence electrons. The summed E-state index contributed by atoms with van der Waals surface area (Å²) in [7, 11) is 1.46. The van der Waals surface area contributed by atoms with Gasteiger partial charge in [0.15, 0.2) is 0 Å². The second-order valence-corrected chi connectivity index (χ2v) is 3.91. The highest BCUT2D eigenvalue weighted by atomic mass is 35.5. The fourth-order valence-corrected chi connectivity index (χ4v) is 1.36. The molecule has 18 heavy (non-hydrogen) atoms. The smallest absolute Gasteiger partial charge is 0.325 e. The number of methoxy groups -OCH3 is 1. The fraction of sp³-hybridized carbons (Fsp3) is 0.273. The normalized spacial score (nSPS) is 11.5. The number of ether oxygens (including phenoxy) is 1. The summed E-state index contributed by atoms with van der Waals surface area (Å²) in [4.78, 5) is 22.0. The Morgan fingerprint density at radius 2 is 2.11 bits per heavy atom. The average molecular weight is 273 g/mol. The maximum absolute atomic E-state index is 11.5. The summed E-state index contributed by atoms with van der Waals surface area (Å²) < 4.78 is 4.99. The molecule has 1 rings (SSSR count). The second kappa shape index (κ2) is 6.11. The number of hydrogen-bond acceptors (Lipinski definition) is 3. The molecule has 0 spiro atoms. The SMILES string of the molecule is COc1cc(NC(=O)NC(C)C(=O)O)ccc1Cl. The number of anilines is 1. The van der Waals surface area contributed by atoms with Crippen LogP contribution in [-0.4, -0.2) is 30.3 Å². The zero-order valence-corrected chi connectivity index (χ0v) is 10.6. The van der Waals surface area contributed by atoms with Gasteiger partial charge in [-0.15, -0.1) is 0 Å². The lowest BCUT2D eigenvalue weighted by atomic mass is 10.3. The van der Waals surface area contributed by atoms with Crippen LogP contribution in [0.2, 0.25) is 5.02 Å². The Morgan fingerprint density at radius 1 is 1.44 bits per heavy atom. The molecule has 1 unspecified atom stereocenters. The van der Waals surface area contributed by atoms with Crippen LogP contribution >= 0.6 is 11.6 Å². The van der Waals surface area contributed by atoms with Crippen LogP contribution in [0.25, 0.3) is 0 Å². The fourth-order valence-electron chi connectivity index (χ4n) is 1.16. The second-order valence-electron chi connectivity index (χ2n) is 3.51. The van der Waals surface area contributed by atoms with Crippen molar-refractivity contribution in [2.24, 2.45) is 0 Å². The molecule has 0 aliphatic carbocycles. The minimum atomic E-state index is -1.11. The third-order valence-electron chi connectivity index (χ3n) is 2.13. The molecule has 3 N–H and O–H groups in total. The molecule has 0 heterocycles. The van der Waals surface area contributed by atoms with Gasteiger partial charge in [0.2, 0.25) is 0 Å². The van der Waals surface area contributed by atoms with E-state index in [2.05, 4.69) is 10.6 Å². The summed E-state index contributed by atoms with van der Waals surface area (Å²) in [6, 6.07) is 3.09. The summed E-state index contributed by atoms with van der Waals surface area (Å²) in [6.45, 7) is 1.37. The van der Waals surface area contributed by atoms with Crippen LogP contribution in [0.15, 0.2) is 18.2 Å². The van der Waals surface area contributed by atoms with Crippen LogP contribution in [0.5, 0.6) is 5.75 Å². The Hall–Kier alpha value is -1.95. The minimum Gasteiger partial charge on any atom is -0.495 e. The van der Waals surface area contributed by atoms with Gasteiger partial charge in [0, 0.05) is 11.8 Å². The van der Waals surface area contributed by atoms with Gasteiger partial charge in [0.25, 0.3) is 0 Å². The number of carbonyl (C=O) groups is 2. The van der Waals surface area contributed by atoms with Crippen molar-refractivity contribution in [3.63, 3.8) is 0 Å². The van der Waals surface area contributed by atoms with E-state index in [1.807, 2.05) is 0 Å². The first kappa shape index (κ1) is 14.1. The molecule has 1 atom stereocenters. The van der Waals surface area contributed by atoms with E-state index >= 15 is 0 Å². The van der Waals surface area contributed by atoms with Gasteiger partial charge in [-0.1, -0.05) is 11.6 Å². The maximum Gasteiger partial charge on any atom is 0.325 e. The molecule has 7 heteroatoms. The number of carbonyl (C=O) groups excluding carboxylic acids is 1. The molecule has 2 amide bonds. The van der Waals surface area contributed by atoms with E-state index in [-0.39, 0.29) is 0 Å². The lowest BCUT2D eigenvalue weighted by molar-refractivity contribution is -0.138. The number of hydrogen-bond donors (Lipinski definition) is 3. The number of aliphatic carboxylic acids is 1. The Bertz CT molecular complexity index is 464. The molecule has 0 aliphatic rings. The van der Waals surface area contributed by atoms with Crippen LogP contribution in [-0.2, 0) is 4.79 Å². The highest BCUT2D eigenvalue weighted by molar-refractivity contribution is 6.32. The Labute approximate surface area is 109 Å². The van der Waals surface area contributed by atoms with Gasteiger partial charge in [0.05, 0.1) is 12.1 Å². The number of benzene rings is 1. The first-order chi connectivity index (χ1) is 8.43. The van der Waals surface area contributed by atoms with Gasteiger partial charge in [-0.05, 0) is 19.1 Å². The first-order valence-electron chi connectivity index (χ1n) is 5.08. The Morgan fingerprint density at radius 3 is 2.67 bits per heavy atom. The number of nitrogens with one attached hydrogen (secondary N) is 2. The number of amides is 2. The quantitative estimate of drug-likeness (QED) is 0.782. The zero-order valence-electron chi connectivity index (χ0n) is 9.86. The van der Waals surface area contributed by atoms with Gasteiger partial charge < -0.3 is 20.5 Å². The minimum absolute atomic E-state index is 0.417. The lowest BCUT2D eigenvalue weighted by Crippen LogP contribution is -2.40. The van der Waals surface area contributed by atoms with Crippen LogP contribution in [0.1, 0.15) is 6.92 Å². The molecule has 0 radical (unpaired) electrons. The Balaban J connectivity index is 2.67. The maximum atomic E-state index is 11.5. The van der Waals surface area contributed by atoms with Crippen molar-refractivity contribution < 1.29 is 19.4 Å². The van der Waals surface area contributed by atoms with Crippen molar-refractivity contribution in [2.75, 3.05) is 12.4 Å². The molecule has 1 aromatic carbocycles. The summed E-state index contributed by atoms with van der Waals surface area (Å²) in [5, 5.41) is 13.8. The van der Waals surface area contributed by atoms with Crippen LogP contribution in [0.3, 0.4) is 0 Å². The highest BCUT2D eigenvalue weighted by Gasteiger charge is 2.14. The van der Waals surface area contributed by atoms with Crippen molar-refractivity contribution in [3.05, 3.63) is 23.2 Å². The average Bonchev–Trinajstić information content (AvgIpc) is 2.31. The van der Waals surface area contributed by atoms with E-state index < -0.39 is 18.0 Å². The number of halogens is 1. The number of rotatable bonds is 4. The molecular weight excluding hydrogens is 260 g/mol. The van der Waals surface area contributed by atoms with Crippen LogP contribution in [0, 0.1) is 0 Å². The van der Waals surface area contributed by atoms with E-state index in [0.29, 0.717) is 16.5 Å². The van der Waals surface area contributed by atoms with Crippen molar-refractivity contribution in [1.82, 2.24) is 5.32 Å². The molecule has 0 bridgehead atoms. The van der Waals surface area contributed by atoms with Crippen molar-refractivity contribution in [1.29, 1.82) is 0 Å². The van der Waals surface area contributed by atoms with Gasteiger partial charge in [-0.2, -0.15) is 0 Å². The van der Waals surface area contributed by atoms with Crippen LogP contribution in [0.4, 0.5) is 10.5 Å². The van der Waals surface area contributed by atoms with Gasteiger partial charge in [-0.25, -0.2) is 4.79 Å². The molecular formula is C11H13ClN2O4. The largest absolute Gasteiger partial charge is 0.495 e. The highest BCUT2D eigenvalue weighted by Crippen LogP contribution is 2.27. The number of urea groups is 1. The van der Waals surface area contributed by atoms with E-state index in [9.17, 15) is 9.59 Å². The van der Waals surface area contributed by atoms with Gasteiger partial charge >= 0.3 is 12.0 Å². The molecule has 0 fully saturated rings. The topological polar surface area (TPSA) is 87.7 Å². The Kier molecular flexibility index (Phi) is 4.79. The van der Waals surface area contributed by atoms with Crippen molar-refractivity contribution in [2.45, 2.75) is 13.0 Å². The van der Waals surface area contributed by atoms with Gasteiger partial charge in [-0.3, -0.25) is 4.79 Å². The van der Waals surface area contributed by atoms with E-state index in [0.717, 1.165) is 0 Å². The summed E-state index contributed by atoms with van der Waals surface area (Å²) in [5.74, 6) is -0.695. The molecule has 0 saturated heterocycles. The lowest BCUT2D eigenvalue weighted by Gasteiger charge is -2.11. The monoisotopic (exact) mass is 272 g/mol. The molecule has 6 nitrogen and oxygen atoms in total. The summed E-state index contributed by atoms with van der Waals surface area (Å²) >= 11 is 5.83.